The molecule has 0 saturated heterocycles. The number of fused-ring (bicyclic) bond motifs is 1. The summed E-state index contributed by atoms with van der Waals surface area (Å²) in [5.41, 5.74) is 2.31. The molecular weight excluding hydrogens is 344 g/mol. The molecule has 1 fully saturated rings. The Morgan fingerprint density at radius 3 is 2.62 bits per heavy atom. The summed E-state index contributed by atoms with van der Waals surface area (Å²) in [6, 6.07) is 6.84. The minimum atomic E-state index is 0.255. The molecule has 1 atom stereocenters. The zero-order valence-corrected chi connectivity index (χ0v) is 16.3. The minimum Gasteiger partial charge on any atom is -0.470 e. The van der Waals surface area contributed by atoms with Crippen LogP contribution >= 0.6 is 11.3 Å². The molecule has 0 spiro atoms. The normalized spacial score (nSPS) is 16.1. The Morgan fingerprint density at radius 2 is 1.96 bits per heavy atom. The summed E-state index contributed by atoms with van der Waals surface area (Å²) in [6.45, 7) is 5.32. The molecule has 1 unspecified atom stereocenters. The highest BCUT2D eigenvalue weighted by atomic mass is 32.1. The molecule has 1 aromatic carbocycles. The molecule has 4 rings (SSSR count). The van der Waals surface area contributed by atoms with Gasteiger partial charge in [-0.05, 0) is 42.4 Å². The quantitative estimate of drug-likeness (QED) is 0.554. The van der Waals surface area contributed by atoms with Crippen LogP contribution in [0.5, 0.6) is 5.19 Å². The summed E-state index contributed by atoms with van der Waals surface area (Å²) in [5.74, 6) is 1.27. The number of thiazole rings is 1. The van der Waals surface area contributed by atoms with E-state index < -0.39 is 0 Å². The zero-order valence-electron chi connectivity index (χ0n) is 15.5. The van der Waals surface area contributed by atoms with Crippen molar-refractivity contribution in [2.75, 3.05) is 6.61 Å². The van der Waals surface area contributed by atoms with E-state index >= 15 is 0 Å². The fourth-order valence-electron chi connectivity index (χ4n) is 3.79. The van der Waals surface area contributed by atoms with E-state index in [9.17, 15) is 0 Å². The fraction of sp³-hybridized carbons (Fsp3) is 0.550. The predicted molar refractivity (Wildman–Crippen MR) is 105 cm³/mol. The van der Waals surface area contributed by atoms with Crippen molar-refractivity contribution in [3.63, 3.8) is 0 Å². The summed E-state index contributed by atoms with van der Waals surface area (Å²) in [6.07, 6.45) is 9.83. The van der Waals surface area contributed by atoms with Crippen LogP contribution in [0.15, 0.2) is 30.9 Å². The third-order valence-electron chi connectivity index (χ3n) is 5.65. The molecule has 1 aliphatic carbocycles. The average Bonchev–Trinajstić information content (AvgIpc) is 3.27. The van der Waals surface area contributed by atoms with Gasteiger partial charge in [0, 0.05) is 0 Å². The highest BCUT2D eigenvalue weighted by Gasteiger charge is 2.23. The number of benzene rings is 1. The van der Waals surface area contributed by atoms with Crippen LogP contribution < -0.4 is 4.74 Å². The van der Waals surface area contributed by atoms with Crippen LogP contribution in [-0.4, -0.2) is 26.4 Å². The third-order valence-corrected chi connectivity index (χ3v) is 6.59. The maximum atomic E-state index is 5.94. The van der Waals surface area contributed by atoms with Crippen molar-refractivity contribution < 1.29 is 4.74 Å². The third kappa shape index (κ3) is 3.47. The van der Waals surface area contributed by atoms with E-state index in [2.05, 4.69) is 51.8 Å². The topological polar surface area (TPSA) is 52.8 Å². The van der Waals surface area contributed by atoms with Crippen LogP contribution in [0.2, 0.25) is 0 Å². The molecular formula is C20H26N4OS. The van der Waals surface area contributed by atoms with E-state index in [1.165, 1.54) is 29.5 Å². The van der Waals surface area contributed by atoms with Gasteiger partial charge >= 0.3 is 0 Å². The average molecular weight is 371 g/mol. The van der Waals surface area contributed by atoms with Crippen LogP contribution in [0, 0.1) is 11.8 Å². The van der Waals surface area contributed by atoms with Gasteiger partial charge in [0.05, 0.1) is 22.9 Å². The SMILES string of the molecule is CCC(CC)C(c1ccc2nc(OCC3CCC3)sc2c1)n1cnnc1. The van der Waals surface area contributed by atoms with Gasteiger partial charge in [0.15, 0.2) is 0 Å². The molecule has 1 saturated carbocycles. The van der Waals surface area contributed by atoms with E-state index in [0.717, 1.165) is 36.1 Å². The Bertz CT molecular complexity index is 837. The lowest BCUT2D eigenvalue weighted by molar-refractivity contribution is 0.180. The van der Waals surface area contributed by atoms with E-state index in [1.807, 2.05) is 12.7 Å². The zero-order chi connectivity index (χ0) is 17.9. The molecule has 26 heavy (non-hydrogen) atoms. The van der Waals surface area contributed by atoms with Crippen molar-refractivity contribution in [2.45, 2.75) is 52.0 Å². The van der Waals surface area contributed by atoms with E-state index in [4.69, 9.17) is 4.74 Å². The number of aromatic nitrogens is 4. The van der Waals surface area contributed by atoms with Crippen molar-refractivity contribution in [1.29, 1.82) is 0 Å². The van der Waals surface area contributed by atoms with Crippen LogP contribution in [-0.2, 0) is 0 Å². The highest BCUT2D eigenvalue weighted by molar-refractivity contribution is 7.20. The van der Waals surface area contributed by atoms with Gasteiger partial charge in [-0.15, -0.1) is 10.2 Å². The first-order chi connectivity index (χ1) is 12.8. The van der Waals surface area contributed by atoms with Gasteiger partial charge in [-0.1, -0.05) is 50.5 Å². The Labute approximate surface area is 158 Å². The Balaban J connectivity index is 1.61. The molecule has 0 amide bonds. The molecule has 1 aliphatic rings. The first-order valence-electron chi connectivity index (χ1n) is 9.65. The highest BCUT2D eigenvalue weighted by Crippen LogP contribution is 2.36. The van der Waals surface area contributed by atoms with Gasteiger partial charge in [-0.2, -0.15) is 0 Å². The fourth-order valence-corrected chi connectivity index (χ4v) is 4.66. The van der Waals surface area contributed by atoms with E-state index in [1.54, 1.807) is 11.3 Å². The van der Waals surface area contributed by atoms with Gasteiger partial charge < -0.3 is 9.30 Å². The Morgan fingerprint density at radius 1 is 1.19 bits per heavy atom. The summed E-state index contributed by atoms with van der Waals surface area (Å²) in [5, 5.41) is 8.85. The summed E-state index contributed by atoms with van der Waals surface area (Å²) in [7, 11) is 0. The van der Waals surface area contributed by atoms with Crippen LogP contribution in [0.4, 0.5) is 0 Å². The molecule has 5 nitrogen and oxygen atoms in total. The van der Waals surface area contributed by atoms with Crippen LogP contribution in [0.1, 0.15) is 57.6 Å². The first kappa shape index (κ1) is 17.5. The first-order valence-corrected chi connectivity index (χ1v) is 10.5. The second-order valence-electron chi connectivity index (χ2n) is 7.25. The predicted octanol–water partition coefficient (Wildman–Crippen LogP) is 5.09. The van der Waals surface area contributed by atoms with E-state index in [-0.39, 0.29) is 6.04 Å². The summed E-state index contributed by atoms with van der Waals surface area (Å²) in [4.78, 5) is 4.66. The molecule has 138 valence electrons. The largest absolute Gasteiger partial charge is 0.470 e. The number of nitrogens with zero attached hydrogens (tertiary/aromatic N) is 4. The number of ether oxygens (including phenoxy) is 1. The van der Waals surface area contributed by atoms with Gasteiger partial charge in [0.2, 0.25) is 0 Å². The second kappa shape index (κ2) is 7.74. The maximum Gasteiger partial charge on any atom is 0.274 e. The molecule has 2 aromatic heterocycles. The van der Waals surface area contributed by atoms with Gasteiger partial charge in [-0.3, -0.25) is 0 Å². The van der Waals surface area contributed by atoms with Gasteiger partial charge in [-0.25, -0.2) is 4.98 Å². The monoisotopic (exact) mass is 370 g/mol. The number of rotatable bonds is 8. The molecule has 2 heterocycles. The molecule has 0 radical (unpaired) electrons. The van der Waals surface area contributed by atoms with Crippen molar-refractivity contribution in [3.8, 4) is 5.19 Å². The lowest BCUT2D eigenvalue weighted by Crippen LogP contribution is -2.19. The van der Waals surface area contributed by atoms with Gasteiger partial charge in [0.1, 0.15) is 12.7 Å². The summed E-state index contributed by atoms with van der Waals surface area (Å²) < 4.78 is 9.26. The lowest BCUT2D eigenvalue weighted by atomic mass is 9.86. The number of hydrogen-bond donors (Lipinski definition) is 0. The van der Waals surface area contributed by atoms with Crippen molar-refractivity contribution in [2.24, 2.45) is 11.8 Å². The smallest absolute Gasteiger partial charge is 0.274 e. The van der Waals surface area contributed by atoms with Gasteiger partial charge in [0.25, 0.3) is 5.19 Å². The number of hydrogen-bond acceptors (Lipinski definition) is 5. The molecule has 0 aliphatic heterocycles. The van der Waals surface area contributed by atoms with Crippen molar-refractivity contribution in [3.05, 3.63) is 36.4 Å². The standard InChI is InChI=1S/C20H26N4OS/c1-3-15(4-2)19(24-12-21-22-13-24)16-8-9-17-18(10-16)26-20(23-17)25-11-14-6-5-7-14/h8-10,12-15,19H,3-7,11H2,1-2H3. The van der Waals surface area contributed by atoms with Crippen molar-refractivity contribution in [1.82, 2.24) is 19.7 Å². The Hall–Kier alpha value is -1.95. The Kier molecular flexibility index (Phi) is 5.20. The van der Waals surface area contributed by atoms with Crippen LogP contribution in [0.25, 0.3) is 10.2 Å². The molecule has 0 N–H and O–H groups in total. The molecule has 3 aromatic rings. The maximum absolute atomic E-state index is 5.94. The van der Waals surface area contributed by atoms with E-state index in [0.29, 0.717) is 5.92 Å². The van der Waals surface area contributed by atoms with Crippen LogP contribution in [0.3, 0.4) is 0 Å². The molecule has 6 heteroatoms. The second-order valence-corrected chi connectivity index (χ2v) is 8.24. The van der Waals surface area contributed by atoms with Crippen molar-refractivity contribution >= 4 is 21.6 Å². The molecule has 0 bridgehead atoms. The lowest BCUT2D eigenvalue weighted by Gasteiger charge is -2.26. The summed E-state index contributed by atoms with van der Waals surface area (Å²) >= 11 is 1.66. The minimum absolute atomic E-state index is 0.255.